The van der Waals surface area contributed by atoms with Gasteiger partial charge in [0.05, 0.1) is 35.8 Å². The van der Waals surface area contributed by atoms with Crippen molar-refractivity contribution in [3.8, 4) is 0 Å². The van der Waals surface area contributed by atoms with Gasteiger partial charge in [0.15, 0.2) is 0 Å². The predicted octanol–water partition coefficient (Wildman–Crippen LogP) is 6.21. The Hall–Kier alpha value is -3.49. The van der Waals surface area contributed by atoms with E-state index >= 15 is 0 Å². The molecular formula is C29H27ClN2O5S. The molecule has 7 nitrogen and oxygen atoms in total. The topological polar surface area (TPSA) is 92.8 Å². The van der Waals surface area contributed by atoms with Crippen LogP contribution in [-0.4, -0.2) is 35.2 Å². The summed E-state index contributed by atoms with van der Waals surface area (Å²) in [6.45, 7) is 1.98. The normalized spacial score (nSPS) is 15.5. The Kier molecular flexibility index (Phi) is 7.63. The van der Waals surface area contributed by atoms with Crippen LogP contribution in [0.1, 0.15) is 85.7 Å². The summed E-state index contributed by atoms with van der Waals surface area (Å²) in [5.74, 6) is -1.76. The number of hydrogen-bond donors (Lipinski definition) is 1. The summed E-state index contributed by atoms with van der Waals surface area (Å²) in [6, 6.07) is 12.5. The molecule has 1 atom stereocenters. The van der Waals surface area contributed by atoms with Crippen LogP contribution in [0.3, 0.4) is 0 Å². The molecule has 1 aromatic heterocycles. The van der Waals surface area contributed by atoms with Crippen molar-refractivity contribution < 1.29 is 23.9 Å². The fraction of sp³-hybridized carbons (Fsp3) is 0.310. The zero-order valence-electron chi connectivity index (χ0n) is 20.9. The van der Waals surface area contributed by atoms with Crippen molar-refractivity contribution in [1.82, 2.24) is 4.90 Å². The van der Waals surface area contributed by atoms with Crippen molar-refractivity contribution in [2.45, 2.75) is 51.5 Å². The van der Waals surface area contributed by atoms with Crippen molar-refractivity contribution in [2.75, 3.05) is 11.9 Å². The van der Waals surface area contributed by atoms with Gasteiger partial charge in [0.25, 0.3) is 11.8 Å². The lowest BCUT2D eigenvalue weighted by Crippen LogP contribution is -2.36. The molecule has 2 aromatic carbocycles. The molecule has 1 aliphatic carbocycles. The van der Waals surface area contributed by atoms with Gasteiger partial charge in [-0.3, -0.25) is 19.3 Å². The Balaban J connectivity index is 1.46. The Morgan fingerprint density at radius 1 is 1.00 bits per heavy atom. The molecule has 2 aliphatic rings. The maximum Gasteiger partial charge on any atom is 0.341 e. The highest BCUT2D eigenvalue weighted by Crippen LogP contribution is 2.39. The first-order valence-electron chi connectivity index (χ1n) is 12.7. The van der Waals surface area contributed by atoms with E-state index < -0.39 is 29.7 Å². The number of carbonyl (C=O) groups excluding carboxylic acids is 4. The largest absolute Gasteiger partial charge is 0.462 e. The van der Waals surface area contributed by atoms with Crippen molar-refractivity contribution in [3.63, 3.8) is 0 Å². The minimum Gasteiger partial charge on any atom is -0.462 e. The number of imide groups is 1. The molecule has 0 saturated carbocycles. The third kappa shape index (κ3) is 4.98. The average Bonchev–Trinajstić information content (AvgIpc) is 3.25. The number of aryl methyl sites for hydroxylation is 1. The summed E-state index contributed by atoms with van der Waals surface area (Å²) in [5, 5.41) is 3.87. The molecule has 5 rings (SSSR count). The van der Waals surface area contributed by atoms with Gasteiger partial charge in [-0.2, -0.15) is 0 Å². The van der Waals surface area contributed by atoms with E-state index in [9.17, 15) is 19.2 Å². The number of benzene rings is 2. The minimum absolute atomic E-state index is 0.183. The quantitative estimate of drug-likeness (QED) is 0.214. The van der Waals surface area contributed by atoms with E-state index in [0.29, 0.717) is 32.3 Å². The molecule has 0 spiro atoms. The van der Waals surface area contributed by atoms with E-state index in [0.717, 1.165) is 47.4 Å². The standard InChI is InChI=1S/C29H27ClN2O5S/c1-2-37-29(36)25-21-10-4-3-5-11-23(21)38-26(25)31-24(33)16-22(17-12-14-18(30)15-13-17)32-27(34)19-8-6-7-9-20(19)28(32)35/h6-9,12-15,22H,2-5,10-11,16H2,1H3,(H,31,33). The summed E-state index contributed by atoms with van der Waals surface area (Å²) >= 11 is 7.49. The molecule has 0 saturated heterocycles. The molecule has 3 amide bonds. The first-order chi connectivity index (χ1) is 18.4. The van der Waals surface area contributed by atoms with E-state index in [2.05, 4.69) is 5.32 Å². The van der Waals surface area contributed by atoms with E-state index in [1.165, 1.54) is 11.3 Å². The van der Waals surface area contributed by atoms with Gasteiger partial charge < -0.3 is 10.1 Å². The number of fused-ring (bicyclic) bond motifs is 2. The van der Waals surface area contributed by atoms with Crippen molar-refractivity contribution >= 4 is 51.6 Å². The van der Waals surface area contributed by atoms with Crippen LogP contribution in [0.15, 0.2) is 48.5 Å². The van der Waals surface area contributed by atoms with E-state index in [1.54, 1.807) is 55.5 Å². The number of carbonyl (C=O) groups is 4. The van der Waals surface area contributed by atoms with Crippen LogP contribution in [-0.2, 0) is 22.4 Å². The maximum absolute atomic E-state index is 13.5. The highest BCUT2D eigenvalue weighted by atomic mass is 35.5. The van der Waals surface area contributed by atoms with Gasteiger partial charge in [0, 0.05) is 9.90 Å². The summed E-state index contributed by atoms with van der Waals surface area (Å²) < 4.78 is 5.33. The van der Waals surface area contributed by atoms with Crippen LogP contribution < -0.4 is 5.32 Å². The second kappa shape index (κ2) is 11.1. The summed E-state index contributed by atoms with van der Waals surface area (Å²) in [5.41, 5.74) is 2.60. The monoisotopic (exact) mass is 550 g/mol. The zero-order chi connectivity index (χ0) is 26.8. The van der Waals surface area contributed by atoms with Crippen LogP contribution in [0.25, 0.3) is 0 Å². The third-order valence-corrected chi connectivity index (χ3v) is 8.38. The smallest absolute Gasteiger partial charge is 0.341 e. The Morgan fingerprint density at radius 2 is 1.66 bits per heavy atom. The number of thiophene rings is 1. The Labute approximate surface area is 229 Å². The number of nitrogens with zero attached hydrogens (tertiary/aromatic N) is 1. The van der Waals surface area contributed by atoms with Gasteiger partial charge in [-0.1, -0.05) is 42.3 Å². The van der Waals surface area contributed by atoms with Crippen molar-refractivity contribution in [2.24, 2.45) is 0 Å². The fourth-order valence-corrected chi connectivity index (χ4v) is 6.56. The van der Waals surface area contributed by atoms with Gasteiger partial charge in [0.2, 0.25) is 5.91 Å². The first-order valence-corrected chi connectivity index (χ1v) is 13.9. The van der Waals surface area contributed by atoms with Gasteiger partial charge in [-0.15, -0.1) is 11.3 Å². The van der Waals surface area contributed by atoms with E-state index in [4.69, 9.17) is 16.3 Å². The summed E-state index contributed by atoms with van der Waals surface area (Å²) in [4.78, 5) is 55.2. The highest BCUT2D eigenvalue weighted by Gasteiger charge is 2.41. The minimum atomic E-state index is -0.858. The predicted molar refractivity (Wildman–Crippen MR) is 146 cm³/mol. The molecule has 38 heavy (non-hydrogen) atoms. The molecular weight excluding hydrogens is 524 g/mol. The van der Waals surface area contributed by atoms with Gasteiger partial charge in [0.1, 0.15) is 5.00 Å². The number of ether oxygens (including phenoxy) is 1. The first kappa shape index (κ1) is 26.1. The molecule has 2 heterocycles. The lowest BCUT2D eigenvalue weighted by atomic mass is 10.0. The molecule has 0 radical (unpaired) electrons. The number of amides is 3. The average molecular weight is 551 g/mol. The van der Waals surface area contributed by atoms with Crippen molar-refractivity contribution in [1.29, 1.82) is 0 Å². The van der Waals surface area contributed by atoms with E-state index in [-0.39, 0.29) is 13.0 Å². The van der Waals surface area contributed by atoms with Crippen LogP contribution >= 0.6 is 22.9 Å². The molecule has 1 aliphatic heterocycles. The number of nitrogens with one attached hydrogen (secondary N) is 1. The Morgan fingerprint density at radius 3 is 2.32 bits per heavy atom. The molecule has 196 valence electrons. The lowest BCUT2D eigenvalue weighted by molar-refractivity contribution is -0.117. The number of rotatable bonds is 7. The number of anilines is 1. The van der Waals surface area contributed by atoms with Crippen LogP contribution in [0.4, 0.5) is 5.00 Å². The number of hydrogen-bond acceptors (Lipinski definition) is 6. The summed E-state index contributed by atoms with van der Waals surface area (Å²) in [6.07, 6.45) is 4.53. The summed E-state index contributed by atoms with van der Waals surface area (Å²) in [7, 11) is 0. The molecule has 0 bridgehead atoms. The second-order valence-corrected chi connectivity index (χ2v) is 10.9. The van der Waals surface area contributed by atoms with Crippen LogP contribution in [0.5, 0.6) is 0 Å². The third-order valence-electron chi connectivity index (χ3n) is 6.92. The lowest BCUT2D eigenvalue weighted by Gasteiger charge is -2.26. The molecule has 1 N–H and O–H groups in total. The maximum atomic E-state index is 13.5. The Bertz CT molecular complexity index is 1380. The number of halogens is 1. The van der Waals surface area contributed by atoms with E-state index in [1.807, 2.05) is 0 Å². The fourth-order valence-electron chi connectivity index (χ4n) is 5.14. The van der Waals surface area contributed by atoms with Crippen molar-refractivity contribution in [3.05, 3.63) is 86.2 Å². The van der Waals surface area contributed by atoms with Gasteiger partial charge >= 0.3 is 5.97 Å². The molecule has 0 fully saturated rings. The molecule has 1 unspecified atom stereocenters. The molecule has 3 aromatic rings. The zero-order valence-corrected chi connectivity index (χ0v) is 22.5. The number of esters is 1. The molecule has 9 heteroatoms. The van der Waals surface area contributed by atoms with Crippen LogP contribution in [0, 0.1) is 0 Å². The SMILES string of the molecule is CCOC(=O)c1c(NC(=O)CC(c2ccc(Cl)cc2)N2C(=O)c3ccccc3C2=O)sc2c1CCCCC2. The highest BCUT2D eigenvalue weighted by molar-refractivity contribution is 7.17. The van der Waals surface area contributed by atoms with Gasteiger partial charge in [-0.25, -0.2) is 4.79 Å². The van der Waals surface area contributed by atoms with Crippen LogP contribution in [0.2, 0.25) is 5.02 Å². The second-order valence-electron chi connectivity index (χ2n) is 9.33. The van der Waals surface area contributed by atoms with Gasteiger partial charge in [-0.05, 0) is 68.0 Å².